The first-order valence-electron chi connectivity index (χ1n) is 9.10. The number of carbonyl (C=O) groups excluding carboxylic acids is 1. The van der Waals surface area contributed by atoms with Crippen LogP contribution in [0.3, 0.4) is 0 Å². The van der Waals surface area contributed by atoms with Gasteiger partial charge in [-0.3, -0.25) is 4.79 Å². The van der Waals surface area contributed by atoms with Crippen LogP contribution >= 0.6 is 0 Å². The SMILES string of the molecule is Cc1cc(Nc2ccc(NC(=O)C(C)(C)C)cc2)nc(N2CCCC2)n1. The van der Waals surface area contributed by atoms with Crippen molar-refractivity contribution in [1.82, 2.24) is 9.97 Å². The number of nitrogens with one attached hydrogen (secondary N) is 2. The molecule has 1 aliphatic rings. The van der Waals surface area contributed by atoms with E-state index in [0.29, 0.717) is 0 Å². The van der Waals surface area contributed by atoms with E-state index in [9.17, 15) is 4.79 Å². The van der Waals surface area contributed by atoms with E-state index in [1.807, 2.05) is 58.0 Å². The summed E-state index contributed by atoms with van der Waals surface area (Å²) in [6, 6.07) is 9.59. The minimum atomic E-state index is -0.415. The Hall–Kier alpha value is -2.63. The van der Waals surface area contributed by atoms with Crippen LogP contribution in [0.4, 0.5) is 23.1 Å². The van der Waals surface area contributed by atoms with Crippen molar-refractivity contribution in [2.45, 2.75) is 40.5 Å². The topological polar surface area (TPSA) is 70.2 Å². The molecule has 0 saturated carbocycles. The second kappa shape index (κ2) is 7.32. The molecule has 138 valence electrons. The largest absolute Gasteiger partial charge is 0.341 e. The third-order valence-electron chi connectivity index (χ3n) is 4.33. The maximum Gasteiger partial charge on any atom is 0.229 e. The maximum absolute atomic E-state index is 12.1. The van der Waals surface area contributed by atoms with Gasteiger partial charge in [-0.2, -0.15) is 4.98 Å². The molecule has 1 aromatic heterocycles. The van der Waals surface area contributed by atoms with Crippen LogP contribution in [0.2, 0.25) is 0 Å². The number of hydrogen-bond donors (Lipinski definition) is 2. The highest BCUT2D eigenvalue weighted by Crippen LogP contribution is 2.23. The Kier molecular flexibility index (Phi) is 5.11. The zero-order chi connectivity index (χ0) is 18.7. The Bertz CT molecular complexity index is 774. The van der Waals surface area contributed by atoms with E-state index >= 15 is 0 Å². The molecule has 0 unspecified atom stereocenters. The molecule has 2 heterocycles. The molecule has 2 aromatic rings. The number of aryl methyl sites for hydroxylation is 1. The molecule has 2 N–H and O–H groups in total. The van der Waals surface area contributed by atoms with Crippen LogP contribution in [0.1, 0.15) is 39.3 Å². The molecule has 0 atom stereocenters. The van der Waals surface area contributed by atoms with Crippen LogP contribution in [0.15, 0.2) is 30.3 Å². The quantitative estimate of drug-likeness (QED) is 0.865. The number of nitrogens with zero attached hydrogens (tertiary/aromatic N) is 3. The second-order valence-corrected chi connectivity index (χ2v) is 7.80. The molecular weight excluding hydrogens is 326 g/mol. The normalized spacial score (nSPS) is 14.4. The minimum absolute atomic E-state index is 0.000102. The van der Waals surface area contributed by atoms with Crippen molar-refractivity contribution in [3.8, 4) is 0 Å². The summed E-state index contributed by atoms with van der Waals surface area (Å²) < 4.78 is 0. The molecule has 0 spiro atoms. The van der Waals surface area contributed by atoms with Gasteiger partial charge in [0.1, 0.15) is 5.82 Å². The molecule has 3 rings (SSSR count). The molecule has 1 saturated heterocycles. The lowest BCUT2D eigenvalue weighted by Crippen LogP contribution is -2.27. The number of anilines is 4. The van der Waals surface area contributed by atoms with Crippen molar-refractivity contribution in [3.63, 3.8) is 0 Å². The zero-order valence-electron chi connectivity index (χ0n) is 16.0. The Labute approximate surface area is 155 Å². The molecule has 1 fully saturated rings. The van der Waals surface area contributed by atoms with E-state index in [1.165, 1.54) is 12.8 Å². The molecule has 0 aliphatic carbocycles. The highest BCUT2D eigenvalue weighted by atomic mass is 16.2. The average molecular weight is 353 g/mol. The van der Waals surface area contributed by atoms with Gasteiger partial charge < -0.3 is 15.5 Å². The molecular formula is C20H27N5O. The number of benzene rings is 1. The highest BCUT2D eigenvalue weighted by Gasteiger charge is 2.21. The van der Waals surface area contributed by atoms with Gasteiger partial charge in [-0.25, -0.2) is 4.98 Å². The van der Waals surface area contributed by atoms with E-state index in [2.05, 4.69) is 25.5 Å². The van der Waals surface area contributed by atoms with Gasteiger partial charge in [0.2, 0.25) is 11.9 Å². The number of carbonyl (C=O) groups is 1. The van der Waals surface area contributed by atoms with Gasteiger partial charge in [-0.05, 0) is 44.0 Å². The summed E-state index contributed by atoms with van der Waals surface area (Å²) in [7, 11) is 0. The molecule has 1 aromatic carbocycles. The Morgan fingerprint density at radius 3 is 2.27 bits per heavy atom. The average Bonchev–Trinajstić information content (AvgIpc) is 3.10. The summed E-state index contributed by atoms with van der Waals surface area (Å²) in [6.07, 6.45) is 2.39. The molecule has 1 amide bonds. The van der Waals surface area contributed by atoms with Crippen LogP contribution in [0.25, 0.3) is 0 Å². The fraction of sp³-hybridized carbons (Fsp3) is 0.450. The lowest BCUT2D eigenvalue weighted by Gasteiger charge is -2.18. The highest BCUT2D eigenvalue weighted by molar-refractivity contribution is 5.94. The number of rotatable bonds is 4. The van der Waals surface area contributed by atoms with Crippen LogP contribution in [0.5, 0.6) is 0 Å². The summed E-state index contributed by atoms with van der Waals surface area (Å²) >= 11 is 0. The maximum atomic E-state index is 12.1. The number of aromatic nitrogens is 2. The van der Waals surface area contributed by atoms with Crippen molar-refractivity contribution >= 4 is 29.0 Å². The molecule has 6 nitrogen and oxygen atoms in total. The second-order valence-electron chi connectivity index (χ2n) is 7.80. The number of amides is 1. The van der Waals surface area contributed by atoms with Gasteiger partial charge in [0.15, 0.2) is 0 Å². The Balaban J connectivity index is 1.70. The summed E-state index contributed by atoms with van der Waals surface area (Å²) in [5, 5.41) is 6.26. The summed E-state index contributed by atoms with van der Waals surface area (Å²) in [6.45, 7) is 9.71. The van der Waals surface area contributed by atoms with E-state index in [4.69, 9.17) is 0 Å². The Morgan fingerprint density at radius 2 is 1.65 bits per heavy atom. The lowest BCUT2D eigenvalue weighted by molar-refractivity contribution is -0.123. The van der Waals surface area contributed by atoms with Gasteiger partial charge in [0.25, 0.3) is 0 Å². The first-order valence-corrected chi connectivity index (χ1v) is 9.10. The van der Waals surface area contributed by atoms with Gasteiger partial charge >= 0.3 is 0 Å². The van der Waals surface area contributed by atoms with E-state index in [1.54, 1.807) is 0 Å². The van der Waals surface area contributed by atoms with E-state index in [-0.39, 0.29) is 5.91 Å². The minimum Gasteiger partial charge on any atom is -0.341 e. The monoisotopic (exact) mass is 353 g/mol. The summed E-state index contributed by atoms with van der Waals surface area (Å²) in [5.74, 6) is 1.57. The van der Waals surface area contributed by atoms with Gasteiger partial charge in [0, 0.05) is 41.6 Å². The lowest BCUT2D eigenvalue weighted by atomic mass is 9.95. The van der Waals surface area contributed by atoms with Crippen LogP contribution in [0, 0.1) is 12.3 Å². The third kappa shape index (κ3) is 4.50. The van der Waals surface area contributed by atoms with Crippen LogP contribution in [-0.4, -0.2) is 29.0 Å². The van der Waals surface area contributed by atoms with Crippen LogP contribution in [-0.2, 0) is 4.79 Å². The van der Waals surface area contributed by atoms with Crippen LogP contribution < -0.4 is 15.5 Å². The first-order chi connectivity index (χ1) is 12.3. The molecule has 1 aliphatic heterocycles. The Morgan fingerprint density at radius 1 is 1.04 bits per heavy atom. The van der Waals surface area contributed by atoms with Crippen molar-refractivity contribution in [2.75, 3.05) is 28.6 Å². The van der Waals surface area contributed by atoms with Gasteiger partial charge in [-0.1, -0.05) is 20.8 Å². The molecule has 26 heavy (non-hydrogen) atoms. The van der Waals surface area contributed by atoms with Gasteiger partial charge in [-0.15, -0.1) is 0 Å². The van der Waals surface area contributed by atoms with Crippen molar-refractivity contribution < 1.29 is 4.79 Å². The fourth-order valence-electron chi connectivity index (χ4n) is 2.78. The summed E-state index contributed by atoms with van der Waals surface area (Å²) in [4.78, 5) is 23.5. The van der Waals surface area contributed by atoms with Crippen molar-refractivity contribution in [1.29, 1.82) is 0 Å². The molecule has 0 radical (unpaired) electrons. The van der Waals surface area contributed by atoms with Crippen molar-refractivity contribution in [2.24, 2.45) is 5.41 Å². The van der Waals surface area contributed by atoms with Crippen molar-refractivity contribution in [3.05, 3.63) is 36.0 Å². The smallest absolute Gasteiger partial charge is 0.229 e. The summed E-state index contributed by atoms with van der Waals surface area (Å²) in [5.41, 5.74) is 2.23. The molecule has 6 heteroatoms. The first kappa shape index (κ1) is 18.2. The zero-order valence-corrected chi connectivity index (χ0v) is 16.0. The fourth-order valence-corrected chi connectivity index (χ4v) is 2.78. The van der Waals surface area contributed by atoms with E-state index < -0.39 is 5.41 Å². The predicted molar refractivity (Wildman–Crippen MR) is 106 cm³/mol. The third-order valence-corrected chi connectivity index (χ3v) is 4.33. The standard InChI is InChI=1S/C20H27N5O/c1-14-13-17(24-19(21-14)25-11-5-6-12-25)22-15-7-9-16(10-8-15)23-18(26)20(2,3)4/h7-10,13H,5-6,11-12H2,1-4H3,(H,23,26)(H,21,22,24). The van der Waals surface area contributed by atoms with Gasteiger partial charge in [0.05, 0.1) is 0 Å². The predicted octanol–water partition coefficient (Wildman–Crippen LogP) is 4.11. The number of hydrogen-bond acceptors (Lipinski definition) is 5. The molecule has 0 bridgehead atoms. The van der Waals surface area contributed by atoms with E-state index in [0.717, 1.165) is 41.9 Å².